The number of carboxylic acid groups (broad SMARTS) is 1. The Hall–Kier alpha value is -0.870. The molecule has 1 fully saturated rings. The second-order valence-corrected chi connectivity index (χ2v) is 4.05. The van der Waals surface area contributed by atoms with Gasteiger partial charge in [-0.3, -0.25) is 4.79 Å². The fraction of sp³-hybridized carbons (Fsp3) is 0.444. The maximum Gasteiger partial charge on any atom is 0.308 e. The molecule has 0 radical (unpaired) electrons. The molecule has 2 atom stereocenters. The van der Waals surface area contributed by atoms with E-state index in [4.69, 9.17) is 5.11 Å². The van der Waals surface area contributed by atoms with Crippen LogP contribution in [0, 0.1) is 5.92 Å². The van der Waals surface area contributed by atoms with Gasteiger partial charge in [0.05, 0.1) is 5.92 Å². The van der Waals surface area contributed by atoms with E-state index in [-0.39, 0.29) is 11.8 Å². The Kier molecular flexibility index (Phi) is 2.33. The monoisotopic (exact) mass is 197 g/mol. The van der Waals surface area contributed by atoms with Gasteiger partial charge in [-0.1, -0.05) is 0 Å². The van der Waals surface area contributed by atoms with Gasteiger partial charge in [0.15, 0.2) is 0 Å². The van der Waals surface area contributed by atoms with Gasteiger partial charge in [-0.05, 0) is 22.4 Å². The van der Waals surface area contributed by atoms with Gasteiger partial charge in [-0.15, -0.1) is 0 Å². The summed E-state index contributed by atoms with van der Waals surface area (Å²) in [7, 11) is 0. The molecule has 2 rings (SSSR count). The zero-order chi connectivity index (χ0) is 9.26. The van der Waals surface area contributed by atoms with E-state index in [1.54, 1.807) is 11.3 Å². The van der Waals surface area contributed by atoms with Crippen molar-refractivity contribution >= 4 is 17.3 Å². The van der Waals surface area contributed by atoms with Crippen LogP contribution in [-0.4, -0.2) is 24.2 Å². The van der Waals surface area contributed by atoms with E-state index in [1.807, 2.05) is 16.8 Å². The van der Waals surface area contributed by atoms with Gasteiger partial charge in [0.25, 0.3) is 0 Å². The van der Waals surface area contributed by atoms with E-state index in [1.165, 1.54) is 0 Å². The molecule has 2 N–H and O–H groups in total. The predicted molar refractivity (Wildman–Crippen MR) is 51.1 cm³/mol. The van der Waals surface area contributed by atoms with Crippen molar-refractivity contribution in [2.45, 2.75) is 5.92 Å². The molecular weight excluding hydrogens is 186 g/mol. The summed E-state index contributed by atoms with van der Waals surface area (Å²) >= 11 is 1.62. The van der Waals surface area contributed by atoms with Crippen LogP contribution >= 0.6 is 11.3 Å². The van der Waals surface area contributed by atoms with Crippen LogP contribution in [0.1, 0.15) is 11.5 Å². The van der Waals surface area contributed by atoms with Gasteiger partial charge < -0.3 is 10.4 Å². The Morgan fingerprint density at radius 1 is 1.62 bits per heavy atom. The molecule has 1 aromatic heterocycles. The van der Waals surface area contributed by atoms with E-state index in [0.717, 1.165) is 12.1 Å². The van der Waals surface area contributed by atoms with E-state index in [2.05, 4.69) is 5.32 Å². The molecule has 1 aliphatic rings. The third-order valence-electron chi connectivity index (χ3n) is 2.50. The normalized spacial score (nSPS) is 27.7. The number of rotatable bonds is 2. The largest absolute Gasteiger partial charge is 0.481 e. The summed E-state index contributed by atoms with van der Waals surface area (Å²) < 4.78 is 0. The molecule has 4 heteroatoms. The molecule has 1 saturated heterocycles. The van der Waals surface area contributed by atoms with Gasteiger partial charge in [0.1, 0.15) is 0 Å². The number of aliphatic carboxylic acids is 1. The van der Waals surface area contributed by atoms with Gasteiger partial charge in [-0.25, -0.2) is 0 Å². The number of thiophene rings is 1. The molecular formula is C9H11NO2S. The predicted octanol–water partition coefficient (Wildman–Crippen LogP) is 1.14. The van der Waals surface area contributed by atoms with Crippen LogP contribution < -0.4 is 5.32 Å². The topological polar surface area (TPSA) is 49.3 Å². The van der Waals surface area contributed by atoms with Gasteiger partial charge >= 0.3 is 5.97 Å². The van der Waals surface area contributed by atoms with Crippen molar-refractivity contribution in [3.8, 4) is 0 Å². The van der Waals surface area contributed by atoms with Crippen molar-refractivity contribution in [1.29, 1.82) is 0 Å². The zero-order valence-corrected chi connectivity index (χ0v) is 7.88. The van der Waals surface area contributed by atoms with Crippen molar-refractivity contribution in [2.75, 3.05) is 13.1 Å². The first kappa shape index (κ1) is 8.72. The molecule has 0 aromatic carbocycles. The summed E-state index contributed by atoms with van der Waals surface area (Å²) in [5.74, 6) is -0.792. The molecule has 1 aromatic rings. The molecule has 0 bridgehead atoms. The lowest BCUT2D eigenvalue weighted by molar-refractivity contribution is -0.141. The van der Waals surface area contributed by atoms with Crippen molar-refractivity contribution in [2.24, 2.45) is 5.92 Å². The van der Waals surface area contributed by atoms with E-state index in [0.29, 0.717) is 6.54 Å². The molecule has 70 valence electrons. The molecule has 2 heterocycles. The summed E-state index contributed by atoms with van der Waals surface area (Å²) in [5, 5.41) is 16.1. The average Bonchev–Trinajstić information content (AvgIpc) is 2.74. The van der Waals surface area contributed by atoms with Crippen LogP contribution in [0.4, 0.5) is 0 Å². The van der Waals surface area contributed by atoms with Crippen LogP contribution in [0.2, 0.25) is 0 Å². The molecule has 1 aliphatic heterocycles. The van der Waals surface area contributed by atoms with Crippen molar-refractivity contribution in [3.63, 3.8) is 0 Å². The van der Waals surface area contributed by atoms with Crippen molar-refractivity contribution < 1.29 is 9.90 Å². The second-order valence-electron chi connectivity index (χ2n) is 3.27. The zero-order valence-electron chi connectivity index (χ0n) is 7.06. The minimum atomic E-state index is -0.693. The molecule has 13 heavy (non-hydrogen) atoms. The lowest BCUT2D eigenvalue weighted by Crippen LogP contribution is -2.20. The molecule has 0 saturated carbocycles. The summed E-state index contributed by atoms with van der Waals surface area (Å²) in [5.41, 5.74) is 1.16. The number of carbonyl (C=O) groups is 1. The maximum atomic E-state index is 10.9. The molecule has 0 amide bonds. The second kappa shape index (κ2) is 3.47. The highest BCUT2D eigenvalue weighted by atomic mass is 32.1. The first-order valence-corrected chi connectivity index (χ1v) is 5.19. The lowest BCUT2D eigenvalue weighted by atomic mass is 9.91. The fourth-order valence-electron chi connectivity index (χ4n) is 1.77. The van der Waals surface area contributed by atoms with Crippen LogP contribution in [0.25, 0.3) is 0 Å². The average molecular weight is 197 g/mol. The Morgan fingerprint density at radius 3 is 3.08 bits per heavy atom. The highest BCUT2D eigenvalue weighted by molar-refractivity contribution is 7.08. The Morgan fingerprint density at radius 2 is 2.46 bits per heavy atom. The summed E-state index contributed by atoms with van der Waals surface area (Å²) in [6.45, 7) is 1.38. The molecule has 3 nitrogen and oxygen atoms in total. The Bertz CT molecular complexity index is 297. The third kappa shape index (κ3) is 1.59. The molecule has 0 unspecified atom stereocenters. The standard InChI is InChI=1S/C9H11NO2S/c11-9(12)8-4-10-3-7(8)6-1-2-13-5-6/h1-2,5,7-8,10H,3-4H2,(H,11,12)/t7-,8-/m1/s1. The molecule has 0 aliphatic carbocycles. The quantitative estimate of drug-likeness (QED) is 0.747. The van der Waals surface area contributed by atoms with E-state index in [9.17, 15) is 4.79 Å². The number of nitrogens with one attached hydrogen (secondary N) is 1. The van der Waals surface area contributed by atoms with Crippen LogP contribution in [-0.2, 0) is 4.79 Å². The molecule has 0 spiro atoms. The van der Waals surface area contributed by atoms with Crippen LogP contribution in [0.15, 0.2) is 16.8 Å². The highest BCUT2D eigenvalue weighted by Crippen LogP contribution is 2.29. The summed E-state index contributed by atoms with van der Waals surface area (Å²) in [6.07, 6.45) is 0. The third-order valence-corrected chi connectivity index (χ3v) is 3.20. The summed E-state index contributed by atoms with van der Waals surface area (Å²) in [6, 6.07) is 2.01. The minimum Gasteiger partial charge on any atom is -0.481 e. The van der Waals surface area contributed by atoms with E-state index < -0.39 is 5.97 Å². The summed E-state index contributed by atoms with van der Waals surface area (Å²) in [4.78, 5) is 10.9. The first-order chi connectivity index (χ1) is 6.29. The lowest BCUT2D eigenvalue weighted by Gasteiger charge is -2.12. The first-order valence-electron chi connectivity index (χ1n) is 4.24. The Labute approximate surface area is 80.4 Å². The SMILES string of the molecule is O=C(O)[C@@H]1CNC[C@@H]1c1ccsc1. The minimum absolute atomic E-state index is 0.156. The maximum absolute atomic E-state index is 10.9. The van der Waals surface area contributed by atoms with Crippen LogP contribution in [0.3, 0.4) is 0 Å². The van der Waals surface area contributed by atoms with Gasteiger partial charge in [0.2, 0.25) is 0 Å². The number of hydrogen-bond acceptors (Lipinski definition) is 3. The highest BCUT2D eigenvalue weighted by Gasteiger charge is 2.33. The van der Waals surface area contributed by atoms with E-state index >= 15 is 0 Å². The van der Waals surface area contributed by atoms with Gasteiger partial charge in [-0.2, -0.15) is 11.3 Å². The smallest absolute Gasteiger partial charge is 0.308 e. The number of carboxylic acids is 1. The number of hydrogen-bond donors (Lipinski definition) is 2. The van der Waals surface area contributed by atoms with Crippen LogP contribution in [0.5, 0.6) is 0 Å². The van der Waals surface area contributed by atoms with Crippen molar-refractivity contribution in [1.82, 2.24) is 5.32 Å². The van der Waals surface area contributed by atoms with Crippen molar-refractivity contribution in [3.05, 3.63) is 22.4 Å². The Balaban J connectivity index is 2.19. The van der Waals surface area contributed by atoms with Gasteiger partial charge in [0, 0.05) is 19.0 Å². The fourth-order valence-corrected chi connectivity index (χ4v) is 2.50.